The quantitative estimate of drug-likeness (QED) is 0.795. The number of rotatable bonds is 6. The maximum atomic E-state index is 12.6. The molecule has 2 aromatic rings. The van der Waals surface area contributed by atoms with Crippen LogP contribution >= 0.6 is 0 Å². The molecule has 0 aliphatic carbocycles. The maximum absolute atomic E-state index is 12.6. The Kier molecular flexibility index (Phi) is 6.78. The van der Waals surface area contributed by atoms with E-state index in [1.165, 1.54) is 0 Å². The lowest BCUT2D eigenvalue weighted by molar-refractivity contribution is 0.0860. The van der Waals surface area contributed by atoms with E-state index in [2.05, 4.69) is 20.6 Å². The van der Waals surface area contributed by atoms with Gasteiger partial charge in [-0.05, 0) is 43.5 Å². The highest BCUT2D eigenvalue weighted by Crippen LogP contribution is 2.14. The van der Waals surface area contributed by atoms with Gasteiger partial charge in [-0.2, -0.15) is 0 Å². The molecule has 0 spiro atoms. The van der Waals surface area contributed by atoms with E-state index in [1.54, 1.807) is 42.5 Å². The SMILES string of the molecule is CCOC(=O)N1CCC(NC(=O)c2ccnc(NCc3cccnc3)c2)CC1. The smallest absolute Gasteiger partial charge is 0.409 e. The van der Waals surface area contributed by atoms with Crippen molar-refractivity contribution in [2.24, 2.45) is 0 Å². The predicted octanol–water partition coefficient (Wildman–Crippen LogP) is 2.44. The van der Waals surface area contributed by atoms with Crippen LogP contribution in [0.3, 0.4) is 0 Å². The number of likely N-dealkylation sites (tertiary alicyclic amines) is 1. The van der Waals surface area contributed by atoms with Gasteiger partial charge in [-0.25, -0.2) is 9.78 Å². The molecular weight excluding hydrogens is 358 g/mol. The third-order valence-corrected chi connectivity index (χ3v) is 4.57. The lowest BCUT2D eigenvalue weighted by Gasteiger charge is -2.31. The van der Waals surface area contributed by atoms with E-state index in [0.717, 1.165) is 5.56 Å². The van der Waals surface area contributed by atoms with Gasteiger partial charge in [0.05, 0.1) is 6.61 Å². The van der Waals surface area contributed by atoms with Gasteiger partial charge >= 0.3 is 6.09 Å². The van der Waals surface area contributed by atoms with Crippen LogP contribution in [0.25, 0.3) is 0 Å². The normalized spacial score (nSPS) is 14.4. The summed E-state index contributed by atoms with van der Waals surface area (Å²) >= 11 is 0. The highest BCUT2D eigenvalue weighted by molar-refractivity contribution is 5.95. The Hall–Kier alpha value is -3.16. The Morgan fingerprint density at radius 3 is 2.79 bits per heavy atom. The van der Waals surface area contributed by atoms with Crippen LogP contribution in [0, 0.1) is 0 Å². The van der Waals surface area contributed by atoms with Crippen molar-refractivity contribution >= 4 is 17.8 Å². The summed E-state index contributed by atoms with van der Waals surface area (Å²) in [6.45, 7) is 3.91. The fraction of sp³-hybridized carbons (Fsp3) is 0.400. The van der Waals surface area contributed by atoms with E-state index in [9.17, 15) is 9.59 Å². The number of carbonyl (C=O) groups excluding carboxylic acids is 2. The molecule has 0 unspecified atom stereocenters. The van der Waals surface area contributed by atoms with Crippen molar-refractivity contribution in [1.29, 1.82) is 0 Å². The van der Waals surface area contributed by atoms with Crippen molar-refractivity contribution in [3.63, 3.8) is 0 Å². The van der Waals surface area contributed by atoms with Gasteiger partial charge in [0, 0.05) is 49.8 Å². The number of nitrogens with one attached hydrogen (secondary N) is 2. The zero-order valence-electron chi connectivity index (χ0n) is 15.9. The number of carbonyl (C=O) groups is 2. The van der Waals surface area contributed by atoms with E-state index in [-0.39, 0.29) is 18.0 Å². The second-order valence-electron chi connectivity index (χ2n) is 6.58. The number of hydrogen-bond donors (Lipinski definition) is 2. The molecule has 0 aromatic carbocycles. The molecular formula is C20H25N5O3. The minimum atomic E-state index is -0.286. The number of aromatic nitrogens is 2. The van der Waals surface area contributed by atoms with Crippen LogP contribution in [-0.2, 0) is 11.3 Å². The second kappa shape index (κ2) is 9.68. The number of hydrogen-bond acceptors (Lipinski definition) is 6. The van der Waals surface area contributed by atoms with Gasteiger partial charge in [0.25, 0.3) is 5.91 Å². The van der Waals surface area contributed by atoms with Crippen molar-refractivity contribution in [3.05, 3.63) is 54.0 Å². The number of anilines is 1. The lowest BCUT2D eigenvalue weighted by atomic mass is 10.0. The number of pyridine rings is 2. The van der Waals surface area contributed by atoms with Crippen molar-refractivity contribution in [3.8, 4) is 0 Å². The highest BCUT2D eigenvalue weighted by Gasteiger charge is 2.24. The Balaban J connectivity index is 1.50. The van der Waals surface area contributed by atoms with E-state index in [4.69, 9.17) is 4.74 Å². The molecule has 1 aliphatic heterocycles. The number of piperidine rings is 1. The molecule has 1 saturated heterocycles. The van der Waals surface area contributed by atoms with E-state index >= 15 is 0 Å². The number of amides is 2. The summed E-state index contributed by atoms with van der Waals surface area (Å²) < 4.78 is 5.02. The fourth-order valence-electron chi connectivity index (χ4n) is 3.05. The van der Waals surface area contributed by atoms with Crippen molar-refractivity contribution in [1.82, 2.24) is 20.2 Å². The summed E-state index contributed by atoms with van der Waals surface area (Å²) in [4.78, 5) is 34.3. The van der Waals surface area contributed by atoms with Crippen LogP contribution in [0.2, 0.25) is 0 Å². The molecule has 1 aliphatic rings. The average Bonchev–Trinajstić information content (AvgIpc) is 2.74. The molecule has 0 radical (unpaired) electrons. The van der Waals surface area contributed by atoms with Gasteiger partial charge in [-0.3, -0.25) is 9.78 Å². The Bertz CT molecular complexity index is 791. The van der Waals surface area contributed by atoms with E-state index in [1.807, 2.05) is 12.1 Å². The van der Waals surface area contributed by atoms with Gasteiger partial charge in [0.2, 0.25) is 0 Å². The first-order chi connectivity index (χ1) is 13.7. The maximum Gasteiger partial charge on any atom is 0.409 e. The highest BCUT2D eigenvalue weighted by atomic mass is 16.6. The molecule has 2 aromatic heterocycles. The van der Waals surface area contributed by atoms with Crippen LogP contribution in [0.5, 0.6) is 0 Å². The lowest BCUT2D eigenvalue weighted by Crippen LogP contribution is -2.46. The van der Waals surface area contributed by atoms with Crippen molar-refractivity contribution < 1.29 is 14.3 Å². The molecule has 1 fully saturated rings. The first-order valence-corrected chi connectivity index (χ1v) is 9.47. The molecule has 28 heavy (non-hydrogen) atoms. The molecule has 3 heterocycles. The predicted molar refractivity (Wildman–Crippen MR) is 105 cm³/mol. The summed E-state index contributed by atoms with van der Waals surface area (Å²) in [5.41, 5.74) is 1.59. The van der Waals surface area contributed by atoms with Crippen LogP contribution in [0.15, 0.2) is 42.9 Å². The second-order valence-corrected chi connectivity index (χ2v) is 6.58. The van der Waals surface area contributed by atoms with E-state index < -0.39 is 0 Å². The molecule has 2 amide bonds. The molecule has 0 atom stereocenters. The summed E-state index contributed by atoms with van der Waals surface area (Å²) in [6, 6.07) is 7.32. The van der Waals surface area contributed by atoms with Crippen LogP contribution in [0.4, 0.5) is 10.6 Å². The molecule has 8 nitrogen and oxygen atoms in total. The first kappa shape index (κ1) is 19.6. The van der Waals surface area contributed by atoms with Crippen LogP contribution in [-0.4, -0.2) is 52.6 Å². The van der Waals surface area contributed by atoms with Gasteiger partial charge < -0.3 is 20.3 Å². The minimum Gasteiger partial charge on any atom is -0.450 e. The molecule has 8 heteroatoms. The topological polar surface area (TPSA) is 96.5 Å². The summed E-state index contributed by atoms with van der Waals surface area (Å²) in [5, 5.41) is 6.25. The zero-order valence-corrected chi connectivity index (χ0v) is 15.9. The summed E-state index contributed by atoms with van der Waals surface area (Å²) in [6.07, 6.45) is 6.26. The monoisotopic (exact) mass is 383 g/mol. The molecule has 0 bridgehead atoms. The zero-order chi connectivity index (χ0) is 19.8. The Morgan fingerprint density at radius 1 is 1.25 bits per heavy atom. The third kappa shape index (κ3) is 5.42. The molecule has 0 saturated carbocycles. The average molecular weight is 383 g/mol. The fourth-order valence-corrected chi connectivity index (χ4v) is 3.05. The number of ether oxygens (including phenoxy) is 1. The molecule has 2 N–H and O–H groups in total. The number of nitrogens with zero attached hydrogens (tertiary/aromatic N) is 3. The summed E-state index contributed by atoms with van der Waals surface area (Å²) in [7, 11) is 0. The minimum absolute atomic E-state index is 0.0399. The van der Waals surface area contributed by atoms with E-state index in [0.29, 0.717) is 50.5 Å². The van der Waals surface area contributed by atoms with Crippen molar-refractivity contribution in [2.75, 3.05) is 25.0 Å². The first-order valence-electron chi connectivity index (χ1n) is 9.47. The van der Waals surface area contributed by atoms with Crippen LogP contribution < -0.4 is 10.6 Å². The standard InChI is InChI=1S/C20H25N5O3/c1-2-28-20(27)25-10-6-17(7-11-25)24-19(26)16-5-9-22-18(12-16)23-14-15-4-3-8-21-13-15/h3-5,8-9,12-13,17H,2,6-7,10-11,14H2,1H3,(H,22,23)(H,24,26). The van der Waals surface area contributed by atoms with Gasteiger partial charge in [0.15, 0.2) is 0 Å². The summed E-state index contributed by atoms with van der Waals surface area (Å²) in [5.74, 6) is 0.495. The van der Waals surface area contributed by atoms with Crippen LogP contribution in [0.1, 0.15) is 35.7 Å². The Morgan fingerprint density at radius 2 is 2.07 bits per heavy atom. The molecule has 3 rings (SSSR count). The largest absolute Gasteiger partial charge is 0.450 e. The third-order valence-electron chi connectivity index (χ3n) is 4.57. The molecule has 148 valence electrons. The van der Waals surface area contributed by atoms with Gasteiger partial charge in [-0.15, -0.1) is 0 Å². The Labute approximate surface area is 164 Å². The van der Waals surface area contributed by atoms with Crippen molar-refractivity contribution in [2.45, 2.75) is 32.4 Å². The van der Waals surface area contributed by atoms with Gasteiger partial charge in [-0.1, -0.05) is 6.07 Å². The van der Waals surface area contributed by atoms with Gasteiger partial charge in [0.1, 0.15) is 5.82 Å².